The third kappa shape index (κ3) is 2.09. The van der Waals surface area contributed by atoms with E-state index in [1.54, 1.807) is 0 Å². The van der Waals surface area contributed by atoms with Crippen LogP contribution in [0.3, 0.4) is 0 Å². The van der Waals surface area contributed by atoms with Gasteiger partial charge in [-0.3, -0.25) is 4.79 Å². The van der Waals surface area contributed by atoms with E-state index in [9.17, 15) is 4.79 Å². The molecule has 1 heterocycles. The summed E-state index contributed by atoms with van der Waals surface area (Å²) in [6.07, 6.45) is 7.11. The van der Waals surface area contributed by atoms with Crippen LogP contribution < -0.4 is 0 Å². The highest BCUT2D eigenvalue weighted by atomic mass is 16.7. The number of Topliss-reactive ketones (excluding diaryl/α,β-unsaturated/α-hetero) is 1. The molecule has 2 atom stereocenters. The fraction of sp³-hybridized carbons (Fsp3) is 0.462. The van der Waals surface area contributed by atoms with Gasteiger partial charge < -0.3 is 9.47 Å². The molecular formula is C13H16O3. The van der Waals surface area contributed by atoms with E-state index in [2.05, 4.69) is 6.58 Å². The van der Waals surface area contributed by atoms with Crippen molar-refractivity contribution in [1.82, 2.24) is 0 Å². The number of carbonyl (C=O) groups is 1. The van der Waals surface area contributed by atoms with Gasteiger partial charge in [0.15, 0.2) is 0 Å². The first-order valence-corrected chi connectivity index (χ1v) is 5.60. The average molecular weight is 220 g/mol. The maximum Gasteiger partial charge on any atom is 0.260 e. The minimum Gasteiger partial charge on any atom is -0.459 e. The highest BCUT2D eigenvalue weighted by Crippen LogP contribution is 2.32. The molecule has 0 saturated carbocycles. The van der Waals surface area contributed by atoms with E-state index < -0.39 is 6.29 Å². The zero-order valence-corrected chi connectivity index (χ0v) is 9.44. The largest absolute Gasteiger partial charge is 0.459 e. The third-order valence-corrected chi connectivity index (χ3v) is 2.80. The minimum absolute atomic E-state index is 0.000528. The zero-order valence-electron chi connectivity index (χ0n) is 9.44. The van der Waals surface area contributed by atoms with Gasteiger partial charge in [-0.15, -0.1) is 6.58 Å². The van der Waals surface area contributed by atoms with Crippen LogP contribution in [0.4, 0.5) is 0 Å². The number of ketones is 1. The summed E-state index contributed by atoms with van der Waals surface area (Å²) in [7, 11) is 0. The van der Waals surface area contributed by atoms with Gasteiger partial charge in [0.1, 0.15) is 11.9 Å². The van der Waals surface area contributed by atoms with E-state index >= 15 is 0 Å². The number of rotatable bonds is 4. The first kappa shape index (κ1) is 11.1. The normalized spacial score (nSPS) is 27.6. The maximum atomic E-state index is 11.5. The molecule has 3 heteroatoms. The van der Waals surface area contributed by atoms with Gasteiger partial charge in [0.25, 0.3) is 6.29 Å². The smallest absolute Gasteiger partial charge is 0.260 e. The van der Waals surface area contributed by atoms with Crippen LogP contribution in [0.25, 0.3) is 0 Å². The van der Waals surface area contributed by atoms with Crippen LogP contribution in [0.2, 0.25) is 0 Å². The van der Waals surface area contributed by atoms with Crippen molar-refractivity contribution < 1.29 is 14.3 Å². The zero-order chi connectivity index (χ0) is 11.5. The molecule has 0 aromatic carbocycles. The number of carbonyl (C=O) groups excluding carboxylic acids is 1. The summed E-state index contributed by atoms with van der Waals surface area (Å²) in [6, 6.07) is 0. The van der Waals surface area contributed by atoms with Crippen LogP contribution >= 0.6 is 0 Å². The quantitative estimate of drug-likeness (QED) is 0.683. The number of hydrogen-bond acceptors (Lipinski definition) is 3. The van der Waals surface area contributed by atoms with Gasteiger partial charge in [0.2, 0.25) is 5.78 Å². The van der Waals surface area contributed by atoms with E-state index in [0.29, 0.717) is 6.42 Å². The fourth-order valence-corrected chi connectivity index (χ4v) is 1.89. The molecule has 3 nitrogen and oxygen atoms in total. The van der Waals surface area contributed by atoms with E-state index in [1.165, 1.54) is 5.57 Å². The predicted molar refractivity (Wildman–Crippen MR) is 60.6 cm³/mol. The number of ether oxygens (including phenoxy) is 2. The summed E-state index contributed by atoms with van der Waals surface area (Å²) in [4.78, 5) is 11.5. The molecule has 1 fully saturated rings. The topological polar surface area (TPSA) is 35.5 Å². The highest BCUT2D eigenvalue weighted by molar-refractivity contribution is 5.82. The lowest BCUT2D eigenvalue weighted by Crippen LogP contribution is -2.21. The van der Waals surface area contributed by atoms with Crippen LogP contribution in [0, 0.1) is 0 Å². The molecule has 0 aromatic rings. The van der Waals surface area contributed by atoms with Crippen LogP contribution in [0.5, 0.6) is 0 Å². The summed E-state index contributed by atoms with van der Waals surface area (Å²) in [5, 5.41) is 0. The number of allylic oxidation sites excluding steroid dienone is 3. The summed E-state index contributed by atoms with van der Waals surface area (Å²) >= 11 is 0. The maximum absolute atomic E-state index is 11.5. The molecule has 2 unspecified atom stereocenters. The van der Waals surface area contributed by atoms with Crippen LogP contribution in [0.15, 0.2) is 36.1 Å². The second-order valence-corrected chi connectivity index (χ2v) is 3.99. The molecule has 86 valence electrons. The van der Waals surface area contributed by atoms with E-state index in [1.807, 2.05) is 25.2 Å². The van der Waals surface area contributed by atoms with Gasteiger partial charge in [-0.1, -0.05) is 24.6 Å². The molecule has 0 aromatic heterocycles. The standard InChI is InChI=1S/C13H16O3/c1-3-5-9-6-7-11-12(8-9)16-13(15-11)10(14)4-2/h3,6-7,12-13H,1,4-5,8H2,2H3. The van der Waals surface area contributed by atoms with Gasteiger partial charge in [-0.05, 0) is 12.5 Å². The Balaban J connectivity index is 2.02. The lowest BCUT2D eigenvalue weighted by atomic mass is 9.99. The highest BCUT2D eigenvalue weighted by Gasteiger charge is 2.36. The Morgan fingerprint density at radius 3 is 3.12 bits per heavy atom. The SMILES string of the molecule is C=CCC1=CC=C2OC(C(=O)CC)OC2C1. The summed E-state index contributed by atoms with van der Waals surface area (Å²) < 4.78 is 11.0. The molecule has 0 radical (unpaired) electrons. The Hall–Kier alpha value is -1.35. The van der Waals surface area contributed by atoms with Gasteiger partial charge in [0.05, 0.1) is 0 Å². The Bertz CT molecular complexity index is 365. The van der Waals surface area contributed by atoms with Crippen molar-refractivity contribution in [1.29, 1.82) is 0 Å². The van der Waals surface area contributed by atoms with E-state index in [0.717, 1.165) is 18.6 Å². The molecule has 1 aliphatic heterocycles. The van der Waals surface area contributed by atoms with Gasteiger partial charge in [-0.25, -0.2) is 0 Å². The van der Waals surface area contributed by atoms with Crippen molar-refractivity contribution in [3.05, 3.63) is 36.1 Å². The fourth-order valence-electron chi connectivity index (χ4n) is 1.89. The monoisotopic (exact) mass is 220 g/mol. The number of fused-ring (bicyclic) bond motifs is 1. The summed E-state index contributed by atoms with van der Waals surface area (Å²) in [5.74, 6) is 0.778. The number of hydrogen-bond donors (Lipinski definition) is 0. The van der Waals surface area contributed by atoms with Crippen molar-refractivity contribution >= 4 is 5.78 Å². The molecule has 1 saturated heterocycles. The average Bonchev–Trinajstić information content (AvgIpc) is 2.71. The Morgan fingerprint density at radius 2 is 2.44 bits per heavy atom. The molecule has 2 rings (SSSR count). The minimum atomic E-state index is -0.697. The molecular weight excluding hydrogens is 204 g/mol. The molecule has 16 heavy (non-hydrogen) atoms. The van der Waals surface area contributed by atoms with Crippen molar-refractivity contribution in [2.24, 2.45) is 0 Å². The Morgan fingerprint density at radius 1 is 1.62 bits per heavy atom. The molecule has 0 bridgehead atoms. The van der Waals surface area contributed by atoms with Gasteiger partial charge >= 0.3 is 0 Å². The van der Waals surface area contributed by atoms with Crippen molar-refractivity contribution in [3.8, 4) is 0 Å². The van der Waals surface area contributed by atoms with Gasteiger partial charge in [-0.2, -0.15) is 0 Å². The Labute approximate surface area is 95.4 Å². The lowest BCUT2D eigenvalue weighted by molar-refractivity contribution is -0.145. The van der Waals surface area contributed by atoms with E-state index in [4.69, 9.17) is 9.47 Å². The van der Waals surface area contributed by atoms with Gasteiger partial charge in [0, 0.05) is 12.8 Å². The molecule has 2 aliphatic rings. The molecule has 1 aliphatic carbocycles. The first-order chi connectivity index (χ1) is 7.74. The third-order valence-electron chi connectivity index (χ3n) is 2.80. The van der Waals surface area contributed by atoms with Crippen LogP contribution in [-0.4, -0.2) is 18.2 Å². The summed E-state index contributed by atoms with van der Waals surface area (Å²) in [5.41, 5.74) is 1.26. The van der Waals surface area contributed by atoms with Crippen molar-refractivity contribution in [2.45, 2.75) is 38.6 Å². The van der Waals surface area contributed by atoms with Crippen LogP contribution in [0.1, 0.15) is 26.2 Å². The Kier molecular flexibility index (Phi) is 3.25. The van der Waals surface area contributed by atoms with E-state index in [-0.39, 0.29) is 11.9 Å². The lowest BCUT2D eigenvalue weighted by Gasteiger charge is -2.14. The van der Waals surface area contributed by atoms with Crippen LogP contribution in [-0.2, 0) is 14.3 Å². The second kappa shape index (κ2) is 4.66. The second-order valence-electron chi connectivity index (χ2n) is 3.99. The molecule has 0 N–H and O–H groups in total. The molecule has 0 spiro atoms. The predicted octanol–water partition coefficient (Wildman–Crippen LogP) is 2.50. The molecule has 0 amide bonds. The first-order valence-electron chi connectivity index (χ1n) is 5.60. The van der Waals surface area contributed by atoms with Crippen molar-refractivity contribution in [3.63, 3.8) is 0 Å². The summed E-state index contributed by atoms with van der Waals surface area (Å²) in [6.45, 7) is 5.52. The van der Waals surface area contributed by atoms with Crippen molar-refractivity contribution in [2.75, 3.05) is 0 Å².